The van der Waals surface area contributed by atoms with Gasteiger partial charge in [0.05, 0.1) is 24.0 Å². The van der Waals surface area contributed by atoms with Crippen LogP contribution in [0.3, 0.4) is 0 Å². The molecule has 0 amide bonds. The maximum absolute atomic E-state index is 10.6. The highest BCUT2D eigenvalue weighted by atomic mass is 16.5. The predicted octanol–water partition coefficient (Wildman–Crippen LogP) is 0.371. The van der Waals surface area contributed by atoms with E-state index in [1.807, 2.05) is 19.0 Å². The Hall–Kier alpha value is -1.28. The van der Waals surface area contributed by atoms with E-state index in [-0.39, 0.29) is 18.3 Å². The van der Waals surface area contributed by atoms with Crippen LogP contribution in [-0.2, 0) is 17.7 Å². The molecule has 3 heterocycles. The van der Waals surface area contributed by atoms with E-state index < -0.39 is 0 Å². The second-order valence-corrected chi connectivity index (χ2v) is 7.63. The lowest BCUT2D eigenvalue weighted by atomic mass is 10.1. The summed E-state index contributed by atoms with van der Waals surface area (Å²) in [5.74, 6) is 0.986. The van der Waals surface area contributed by atoms with Gasteiger partial charge >= 0.3 is 0 Å². The van der Waals surface area contributed by atoms with Crippen molar-refractivity contribution in [1.29, 1.82) is 0 Å². The van der Waals surface area contributed by atoms with Gasteiger partial charge in [-0.2, -0.15) is 0 Å². The minimum absolute atomic E-state index is 0.234. The van der Waals surface area contributed by atoms with Crippen molar-refractivity contribution in [3.8, 4) is 0 Å². The van der Waals surface area contributed by atoms with E-state index in [1.54, 1.807) is 6.33 Å². The monoisotopic (exact) mass is 349 g/mol. The van der Waals surface area contributed by atoms with Crippen LogP contribution < -0.4 is 4.90 Å². The largest absolute Gasteiger partial charge is 0.390 e. The Bertz CT molecular complexity index is 573. The number of nitrogens with zero attached hydrogens (tertiary/aromatic N) is 5. The van der Waals surface area contributed by atoms with E-state index in [4.69, 9.17) is 4.74 Å². The molecule has 1 fully saturated rings. The van der Waals surface area contributed by atoms with Crippen molar-refractivity contribution in [2.45, 2.75) is 45.1 Å². The smallest absolute Gasteiger partial charge is 0.136 e. The highest BCUT2D eigenvalue weighted by Crippen LogP contribution is 2.24. The first-order chi connectivity index (χ1) is 11.9. The number of fused-ring (bicyclic) bond motifs is 1. The molecule has 25 heavy (non-hydrogen) atoms. The zero-order chi connectivity index (χ0) is 18.0. The predicted molar refractivity (Wildman–Crippen MR) is 97.8 cm³/mol. The second-order valence-electron chi connectivity index (χ2n) is 7.63. The highest BCUT2D eigenvalue weighted by molar-refractivity contribution is 5.48. The van der Waals surface area contributed by atoms with E-state index in [2.05, 4.69) is 33.6 Å². The van der Waals surface area contributed by atoms with Crippen molar-refractivity contribution in [3.05, 3.63) is 17.6 Å². The lowest BCUT2D eigenvalue weighted by Gasteiger charge is -2.37. The number of aliphatic hydroxyl groups is 1. The highest BCUT2D eigenvalue weighted by Gasteiger charge is 2.26. The molecule has 7 nitrogen and oxygen atoms in total. The van der Waals surface area contributed by atoms with Gasteiger partial charge in [0.15, 0.2) is 0 Å². The number of aliphatic hydroxyl groups excluding tert-OH is 1. The van der Waals surface area contributed by atoms with Gasteiger partial charge in [0, 0.05) is 65.3 Å². The van der Waals surface area contributed by atoms with E-state index in [9.17, 15) is 5.11 Å². The van der Waals surface area contributed by atoms with Crippen LogP contribution in [0.2, 0.25) is 0 Å². The number of anilines is 1. The zero-order valence-electron chi connectivity index (χ0n) is 15.9. The van der Waals surface area contributed by atoms with Gasteiger partial charge in [0.2, 0.25) is 0 Å². The molecule has 2 aliphatic heterocycles. The molecule has 1 N–H and O–H groups in total. The van der Waals surface area contributed by atoms with E-state index in [0.717, 1.165) is 44.1 Å². The number of morpholine rings is 1. The minimum Gasteiger partial charge on any atom is -0.390 e. The van der Waals surface area contributed by atoms with Crippen LogP contribution in [0, 0.1) is 0 Å². The topological polar surface area (TPSA) is 65.0 Å². The second kappa shape index (κ2) is 7.95. The van der Waals surface area contributed by atoms with Crippen LogP contribution in [0.4, 0.5) is 5.82 Å². The lowest BCUT2D eigenvalue weighted by molar-refractivity contribution is -0.0781. The summed E-state index contributed by atoms with van der Waals surface area (Å²) in [6, 6.07) is 0. The third-order valence-corrected chi connectivity index (χ3v) is 4.92. The number of β-amino-alcohol motifs (C(OH)–C–C–N with tert-alkyl or cyclic N) is 1. The van der Waals surface area contributed by atoms with Gasteiger partial charge in [-0.3, -0.25) is 9.80 Å². The molecule has 3 atom stereocenters. The van der Waals surface area contributed by atoms with Gasteiger partial charge in [-0.1, -0.05) is 0 Å². The van der Waals surface area contributed by atoms with Gasteiger partial charge < -0.3 is 14.7 Å². The number of hydrogen-bond acceptors (Lipinski definition) is 7. The van der Waals surface area contributed by atoms with E-state index >= 15 is 0 Å². The van der Waals surface area contributed by atoms with Crippen molar-refractivity contribution >= 4 is 5.82 Å². The zero-order valence-corrected chi connectivity index (χ0v) is 15.9. The first-order valence-corrected chi connectivity index (χ1v) is 9.20. The van der Waals surface area contributed by atoms with E-state index in [1.165, 1.54) is 5.56 Å². The molecule has 140 valence electrons. The average molecular weight is 349 g/mol. The Labute approximate surface area is 150 Å². The molecule has 7 heteroatoms. The summed E-state index contributed by atoms with van der Waals surface area (Å²) in [4.78, 5) is 15.5. The van der Waals surface area contributed by atoms with Crippen LogP contribution in [0.15, 0.2) is 6.33 Å². The normalized spacial score (nSPS) is 26.3. The molecule has 0 aromatic carbocycles. The Morgan fingerprint density at radius 3 is 2.56 bits per heavy atom. The van der Waals surface area contributed by atoms with Crippen LogP contribution in [0.5, 0.6) is 0 Å². The minimum atomic E-state index is -0.355. The molecule has 1 saturated heterocycles. The maximum Gasteiger partial charge on any atom is 0.136 e. The summed E-state index contributed by atoms with van der Waals surface area (Å²) in [6.45, 7) is 9.10. The fourth-order valence-corrected chi connectivity index (χ4v) is 4.01. The number of hydrogen-bond donors (Lipinski definition) is 1. The Morgan fingerprint density at radius 2 is 1.88 bits per heavy atom. The summed E-state index contributed by atoms with van der Waals surface area (Å²) in [6.07, 6.45) is 2.68. The molecule has 0 aliphatic carbocycles. The summed E-state index contributed by atoms with van der Waals surface area (Å²) in [5, 5.41) is 10.6. The standard InChI is InChI=1S/C18H31N5O2/c1-13-7-23(8-14(2)25-13)10-15(24)9-22-6-5-17-16(11-22)18(21(3)4)20-12-19-17/h12-15,24H,5-11H2,1-4H3. The van der Waals surface area contributed by atoms with Crippen molar-refractivity contribution in [1.82, 2.24) is 19.8 Å². The third-order valence-electron chi connectivity index (χ3n) is 4.92. The molecule has 1 aromatic heterocycles. The lowest BCUT2D eigenvalue weighted by Crippen LogP contribution is -2.50. The SMILES string of the molecule is CC1CN(CC(O)CN2CCc3ncnc(N(C)C)c3C2)CC(C)O1. The summed E-state index contributed by atoms with van der Waals surface area (Å²) in [5.41, 5.74) is 2.33. The summed E-state index contributed by atoms with van der Waals surface area (Å²) >= 11 is 0. The van der Waals surface area contributed by atoms with Crippen molar-refractivity contribution in [3.63, 3.8) is 0 Å². The molecule has 0 spiro atoms. The molecule has 0 saturated carbocycles. The van der Waals surface area contributed by atoms with Crippen molar-refractivity contribution in [2.75, 3.05) is 51.7 Å². The van der Waals surface area contributed by atoms with E-state index in [0.29, 0.717) is 13.1 Å². The van der Waals surface area contributed by atoms with Crippen molar-refractivity contribution in [2.24, 2.45) is 0 Å². The number of aromatic nitrogens is 2. The van der Waals surface area contributed by atoms with Gasteiger partial charge in [-0.15, -0.1) is 0 Å². The van der Waals surface area contributed by atoms with Crippen LogP contribution in [-0.4, -0.2) is 90.0 Å². The fraction of sp³-hybridized carbons (Fsp3) is 0.778. The van der Waals surface area contributed by atoms with Gasteiger partial charge in [-0.05, 0) is 13.8 Å². The first-order valence-electron chi connectivity index (χ1n) is 9.20. The first kappa shape index (κ1) is 18.5. The molecule has 3 unspecified atom stereocenters. The van der Waals surface area contributed by atoms with Crippen molar-refractivity contribution < 1.29 is 9.84 Å². The van der Waals surface area contributed by atoms with Gasteiger partial charge in [0.25, 0.3) is 0 Å². The van der Waals surface area contributed by atoms with Crippen LogP contribution in [0.1, 0.15) is 25.1 Å². The maximum atomic E-state index is 10.6. The quantitative estimate of drug-likeness (QED) is 0.824. The Morgan fingerprint density at radius 1 is 1.20 bits per heavy atom. The van der Waals surface area contributed by atoms with Gasteiger partial charge in [0.1, 0.15) is 12.1 Å². The van der Waals surface area contributed by atoms with Crippen LogP contribution in [0.25, 0.3) is 0 Å². The molecular weight excluding hydrogens is 318 g/mol. The molecular formula is C18H31N5O2. The summed E-state index contributed by atoms with van der Waals surface area (Å²) in [7, 11) is 4.02. The molecule has 0 radical (unpaired) electrons. The average Bonchev–Trinajstić information content (AvgIpc) is 2.52. The Kier molecular flexibility index (Phi) is 5.89. The molecule has 2 aliphatic rings. The molecule has 0 bridgehead atoms. The van der Waals surface area contributed by atoms with Crippen LogP contribution >= 0.6 is 0 Å². The Balaban J connectivity index is 1.57. The fourth-order valence-electron chi connectivity index (χ4n) is 4.01. The number of ether oxygens (including phenoxy) is 1. The number of rotatable bonds is 5. The molecule has 1 aromatic rings. The summed E-state index contributed by atoms with van der Waals surface area (Å²) < 4.78 is 5.77. The molecule has 3 rings (SSSR count). The van der Waals surface area contributed by atoms with Gasteiger partial charge in [-0.25, -0.2) is 9.97 Å². The third kappa shape index (κ3) is 4.67.